The second-order valence-corrected chi connectivity index (χ2v) is 5.38. The molecule has 1 aliphatic rings. The molecular formula is C14H15N5O4. The second-order valence-electron chi connectivity index (χ2n) is 5.38. The topological polar surface area (TPSA) is 129 Å². The average Bonchev–Trinajstić information content (AvgIpc) is 3.28. The van der Waals surface area contributed by atoms with Crippen molar-refractivity contribution in [1.82, 2.24) is 24.5 Å². The van der Waals surface area contributed by atoms with Crippen molar-refractivity contribution in [1.29, 1.82) is 0 Å². The molecule has 120 valence electrons. The van der Waals surface area contributed by atoms with E-state index in [1.165, 1.54) is 6.33 Å². The Hall–Kier alpha value is -2.33. The van der Waals surface area contributed by atoms with Crippen LogP contribution in [0.15, 0.2) is 31.1 Å². The van der Waals surface area contributed by atoms with Gasteiger partial charge in [-0.2, -0.15) is 0 Å². The molecular weight excluding hydrogens is 302 g/mol. The number of H-pyrrole nitrogens is 1. The number of nitrogens with zero attached hydrogens (tertiary/aromatic N) is 4. The van der Waals surface area contributed by atoms with Crippen LogP contribution < -0.4 is 0 Å². The van der Waals surface area contributed by atoms with Crippen LogP contribution in [-0.2, 0) is 4.74 Å². The minimum absolute atomic E-state index is 0.373. The van der Waals surface area contributed by atoms with Crippen LogP contribution in [0.4, 0.5) is 0 Å². The first-order valence-corrected chi connectivity index (χ1v) is 7.13. The van der Waals surface area contributed by atoms with Crippen LogP contribution in [0, 0.1) is 0 Å². The van der Waals surface area contributed by atoms with Crippen LogP contribution in [-0.4, -0.2) is 64.7 Å². The molecule has 3 aromatic rings. The highest BCUT2D eigenvalue weighted by molar-refractivity contribution is 5.89. The van der Waals surface area contributed by atoms with Crippen LogP contribution in [0.2, 0.25) is 0 Å². The van der Waals surface area contributed by atoms with Gasteiger partial charge in [-0.3, -0.25) is 0 Å². The standard InChI is InChI=1S/C14H15N5O4/c20-4-9-11(21)12(22)14(23-9)19-2-1-7-10(8-3-15-5-16-8)17-6-18-13(7)19/h1-3,5-6,9,11-12,14,20-22H,4H2,(H,15,16)/t9?,11-,12-,14+/m0/s1. The third kappa shape index (κ3) is 2.13. The first-order chi connectivity index (χ1) is 11.2. The Morgan fingerprint density at radius 2 is 2.13 bits per heavy atom. The molecule has 0 bridgehead atoms. The van der Waals surface area contributed by atoms with E-state index in [0.717, 1.165) is 11.1 Å². The molecule has 4 atom stereocenters. The largest absolute Gasteiger partial charge is 0.394 e. The van der Waals surface area contributed by atoms with E-state index in [1.54, 1.807) is 29.4 Å². The summed E-state index contributed by atoms with van der Waals surface area (Å²) in [5.41, 5.74) is 1.98. The second kappa shape index (κ2) is 5.39. The molecule has 23 heavy (non-hydrogen) atoms. The highest BCUT2D eigenvalue weighted by Crippen LogP contribution is 2.33. The molecule has 0 aromatic carbocycles. The Kier molecular flexibility index (Phi) is 3.34. The normalized spacial score (nSPS) is 27.8. The fraction of sp³-hybridized carbons (Fsp3) is 0.357. The summed E-state index contributed by atoms with van der Waals surface area (Å²) in [7, 11) is 0. The van der Waals surface area contributed by atoms with Gasteiger partial charge < -0.3 is 29.6 Å². The Labute approximate surface area is 130 Å². The van der Waals surface area contributed by atoms with Crippen molar-refractivity contribution in [3.8, 4) is 11.4 Å². The number of hydrogen-bond acceptors (Lipinski definition) is 7. The Morgan fingerprint density at radius 3 is 2.83 bits per heavy atom. The van der Waals surface area contributed by atoms with Crippen LogP contribution in [0.25, 0.3) is 22.4 Å². The zero-order chi connectivity index (χ0) is 16.0. The number of aliphatic hydroxyl groups is 3. The van der Waals surface area contributed by atoms with E-state index in [4.69, 9.17) is 4.74 Å². The summed E-state index contributed by atoms with van der Waals surface area (Å²) in [6, 6.07) is 1.81. The molecule has 4 heterocycles. The van der Waals surface area contributed by atoms with E-state index in [9.17, 15) is 15.3 Å². The smallest absolute Gasteiger partial charge is 0.164 e. The number of aliphatic hydroxyl groups excluding tert-OH is 3. The average molecular weight is 317 g/mol. The number of ether oxygens (including phenoxy) is 1. The zero-order valence-electron chi connectivity index (χ0n) is 11.9. The van der Waals surface area contributed by atoms with Gasteiger partial charge in [-0.05, 0) is 6.07 Å². The van der Waals surface area contributed by atoms with Crippen molar-refractivity contribution in [2.75, 3.05) is 6.61 Å². The van der Waals surface area contributed by atoms with Crippen molar-refractivity contribution in [2.45, 2.75) is 24.5 Å². The summed E-state index contributed by atoms with van der Waals surface area (Å²) in [6.45, 7) is -0.373. The van der Waals surface area contributed by atoms with E-state index in [2.05, 4.69) is 19.9 Å². The van der Waals surface area contributed by atoms with Crippen molar-refractivity contribution in [3.05, 3.63) is 31.1 Å². The minimum atomic E-state index is -1.16. The van der Waals surface area contributed by atoms with Crippen molar-refractivity contribution in [3.63, 3.8) is 0 Å². The van der Waals surface area contributed by atoms with E-state index in [0.29, 0.717) is 11.3 Å². The lowest BCUT2D eigenvalue weighted by atomic mass is 10.1. The Balaban J connectivity index is 1.80. The van der Waals surface area contributed by atoms with Crippen LogP contribution >= 0.6 is 0 Å². The molecule has 9 nitrogen and oxygen atoms in total. The van der Waals surface area contributed by atoms with E-state index in [1.807, 2.05) is 0 Å². The molecule has 1 fully saturated rings. The summed E-state index contributed by atoms with van der Waals surface area (Å²) >= 11 is 0. The quantitative estimate of drug-likeness (QED) is 0.509. The zero-order valence-corrected chi connectivity index (χ0v) is 11.9. The molecule has 0 aliphatic carbocycles. The van der Waals surface area contributed by atoms with Crippen LogP contribution in [0.3, 0.4) is 0 Å². The number of fused-ring (bicyclic) bond motifs is 1. The maximum Gasteiger partial charge on any atom is 0.164 e. The van der Waals surface area contributed by atoms with Gasteiger partial charge in [0.05, 0.1) is 24.8 Å². The van der Waals surface area contributed by atoms with E-state index in [-0.39, 0.29) is 6.61 Å². The van der Waals surface area contributed by atoms with Gasteiger partial charge in [-0.1, -0.05) is 0 Å². The third-order valence-electron chi connectivity index (χ3n) is 4.05. The molecule has 1 aliphatic heterocycles. The lowest BCUT2D eigenvalue weighted by molar-refractivity contribution is -0.0508. The molecule has 4 rings (SSSR count). The SMILES string of the molecule is OCC1O[C@@H](n2ccc3c(-c4cnc[nH]4)ncnc32)[C@@H](O)[C@H]1O. The summed E-state index contributed by atoms with van der Waals surface area (Å²) in [5, 5.41) is 30.1. The number of aromatic nitrogens is 5. The first-order valence-electron chi connectivity index (χ1n) is 7.13. The summed E-state index contributed by atoms with van der Waals surface area (Å²) in [5.74, 6) is 0. The summed E-state index contributed by atoms with van der Waals surface area (Å²) < 4.78 is 7.18. The van der Waals surface area contributed by atoms with E-state index < -0.39 is 24.5 Å². The molecule has 0 amide bonds. The predicted molar refractivity (Wildman–Crippen MR) is 78.1 cm³/mol. The molecule has 3 aromatic heterocycles. The van der Waals surface area contributed by atoms with Crippen molar-refractivity contribution >= 4 is 11.0 Å². The van der Waals surface area contributed by atoms with Crippen LogP contribution in [0.1, 0.15) is 6.23 Å². The van der Waals surface area contributed by atoms with E-state index >= 15 is 0 Å². The highest BCUT2D eigenvalue weighted by Gasteiger charge is 2.43. The molecule has 1 saturated heterocycles. The molecule has 0 radical (unpaired) electrons. The first kappa shape index (κ1) is 14.3. The Bertz CT molecular complexity index is 818. The van der Waals surface area contributed by atoms with Gasteiger partial charge in [-0.15, -0.1) is 0 Å². The highest BCUT2D eigenvalue weighted by atomic mass is 16.6. The maximum absolute atomic E-state index is 10.2. The summed E-state index contributed by atoms with van der Waals surface area (Å²) in [6.07, 6.45) is 2.36. The minimum Gasteiger partial charge on any atom is -0.394 e. The van der Waals surface area contributed by atoms with Gasteiger partial charge in [0.25, 0.3) is 0 Å². The fourth-order valence-electron chi connectivity index (χ4n) is 2.89. The molecule has 4 N–H and O–H groups in total. The number of aromatic amines is 1. The molecule has 0 saturated carbocycles. The van der Waals surface area contributed by atoms with Gasteiger partial charge in [0.1, 0.15) is 36.0 Å². The maximum atomic E-state index is 10.2. The van der Waals surface area contributed by atoms with Crippen molar-refractivity contribution < 1.29 is 20.1 Å². The third-order valence-corrected chi connectivity index (χ3v) is 4.05. The number of rotatable bonds is 3. The fourth-order valence-corrected chi connectivity index (χ4v) is 2.89. The monoisotopic (exact) mass is 317 g/mol. The molecule has 0 spiro atoms. The van der Waals surface area contributed by atoms with Crippen LogP contribution in [0.5, 0.6) is 0 Å². The molecule has 1 unspecified atom stereocenters. The lowest BCUT2D eigenvalue weighted by Crippen LogP contribution is -2.33. The summed E-state index contributed by atoms with van der Waals surface area (Å²) in [4.78, 5) is 15.5. The van der Waals surface area contributed by atoms with Gasteiger partial charge in [-0.25, -0.2) is 15.0 Å². The van der Waals surface area contributed by atoms with Crippen molar-refractivity contribution in [2.24, 2.45) is 0 Å². The number of nitrogens with one attached hydrogen (secondary N) is 1. The lowest BCUT2D eigenvalue weighted by Gasteiger charge is -2.17. The number of imidazole rings is 1. The van der Waals surface area contributed by atoms with Gasteiger partial charge >= 0.3 is 0 Å². The van der Waals surface area contributed by atoms with Gasteiger partial charge in [0.15, 0.2) is 6.23 Å². The van der Waals surface area contributed by atoms with Gasteiger partial charge in [0.2, 0.25) is 0 Å². The predicted octanol–water partition coefficient (Wildman–Crippen LogP) is -0.567. The van der Waals surface area contributed by atoms with Gasteiger partial charge in [0, 0.05) is 11.6 Å². The Morgan fingerprint density at radius 1 is 1.26 bits per heavy atom. The number of hydrogen-bond donors (Lipinski definition) is 4. The molecule has 9 heteroatoms.